The van der Waals surface area contributed by atoms with Crippen molar-refractivity contribution in [3.05, 3.63) is 59.1 Å². The minimum Gasteiger partial charge on any atom is -0.491 e. The normalized spacial score (nSPS) is 16.3. The molecule has 1 saturated heterocycles. The molecule has 0 spiro atoms. The number of piperazine rings is 1. The first-order valence-electron chi connectivity index (χ1n) is 9.88. The largest absolute Gasteiger partial charge is 0.491 e. The Bertz CT molecular complexity index is 700. The predicted molar refractivity (Wildman–Crippen MR) is 111 cm³/mol. The van der Waals surface area contributed by atoms with Gasteiger partial charge in [0.1, 0.15) is 25.0 Å². The molecule has 2 aromatic rings. The number of aryl methyl sites for hydroxylation is 1. The van der Waals surface area contributed by atoms with Crippen LogP contribution in [-0.2, 0) is 6.42 Å². The third-order valence-electron chi connectivity index (χ3n) is 5.07. The van der Waals surface area contributed by atoms with E-state index < -0.39 is 6.10 Å². The van der Waals surface area contributed by atoms with Gasteiger partial charge in [-0.25, -0.2) is 0 Å². The first-order valence-corrected chi connectivity index (χ1v) is 10.3. The summed E-state index contributed by atoms with van der Waals surface area (Å²) in [5, 5.41) is 11.1. The summed E-state index contributed by atoms with van der Waals surface area (Å²) in [5.41, 5.74) is 2.50. The molecule has 0 saturated carbocycles. The molecule has 2 aromatic carbocycles. The highest BCUT2D eigenvalue weighted by Gasteiger charge is 2.23. The number of nitrogens with zero attached hydrogens (tertiary/aromatic N) is 1. The number of hydrogen-bond donors (Lipinski definition) is 2. The van der Waals surface area contributed by atoms with E-state index in [0.717, 1.165) is 56.3 Å². The summed E-state index contributed by atoms with van der Waals surface area (Å²) in [4.78, 5) is 3.78. The molecule has 146 valence electrons. The molecule has 0 amide bonds. The van der Waals surface area contributed by atoms with Crippen molar-refractivity contribution in [2.45, 2.75) is 25.9 Å². The van der Waals surface area contributed by atoms with Gasteiger partial charge in [-0.1, -0.05) is 43.1 Å². The van der Waals surface area contributed by atoms with Crippen molar-refractivity contribution >= 4 is 17.3 Å². The second-order valence-corrected chi connectivity index (χ2v) is 7.72. The number of ether oxygens (including phenoxy) is 1. The summed E-state index contributed by atoms with van der Waals surface area (Å²) >= 11 is 6.09. The predicted octanol–water partition coefficient (Wildman–Crippen LogP) is 2.44. The maximum Gasteiger partial charge on any atom is 0.137 e. The van der Waals surface area contributed by atoms with Gasteiger partial charge in [-0.05, 0) is 42.3 Å². The van der Waals surface area contributed by atoms with Crippen molar-refractivity contribution in [3.8, 4) is 5.75 Å². The monoisotopic (exact) mass is 389 g/mol. The van der Waals surface area contributed by atoms with Gasteiger partial charge in [-0.2, -0.15) is 0 Å². The number of anilines is 1. The molecular weight excluding hydrogens is 360 g/mol. The summed E-state index contributed by atoms with van der Waals surface area (Å²) in [7, 11) is 0. The number of aliphatic hydroxyl groups excluding tert-OH is 1. The zero-order chi connectivity index (χ0) is 19.1. The molecule has 0 unspecified atom stereocenters. The van der Waals surface area contributed by atoms with Gasteiger partial charge in [0.15, 0.2) is 0 Å². The minimum atomic E-state index is -0.451. The molecule has 1 atom stereocenters. The fourth-order valence-corrected chi connectivity index (χ4v) is 3.77. The van der Waals surface area contributed by atoms with E-state index in [0.29, 0.717) is 6.61 Å². The van der Waals surface area contributed by atoms with Crippen LogP contribution in [0.5, 0.6) is 5.75 Å². The van der Waals surface area contributed by atoms with Gasteiger partial charge in [0, 0.05) is 10.7 Å². The van der Waals surface area contributed by atoms with Crippen molar-refractivity contribution in [2.24, 2.45) is 0 Å². The van der Waals surface area contributed by atoms with Gasteiger partial charge in [-0.15, -0.1) is 0 Å². The highest BCUT2D eigenvalue weighted by atomic mass is 35.5. The van der Waals surface area contributed by atoms with Crippen LogP contribution in [0.25, 0.3) is 0 Å². The van der Waals surface area contributed by atoms with Gasteiger partial charge in [0.25, 0.3) is 0 Å². The number of halogens is 1. The quantitative estimate of drug-likeness (QED) is 0.728. The van der Waals surface area contributed by atoms with E-state index in [2.05, 4.69) is 30.0 Å². The summed E-state index contributed by atoms with van der Waals surface area (Å²) in [6.07, 6.45) is 1.78. The number of quaternary nitrogens is 1. The zero-order valence-corrected chi connectivity index (χ0v) is 16.8. The molecule has 3 rings (SSSR count). The lowest BCUT2D eigenvalue weighted by Crippen LogP contribution is -3.16. The van der Waals surface area contributed by atoms with E-state index in [-0.39, 0.29) is 0 Å². The first-order chi connectivity index (χ1) is 13.1. The molecule has 1 aliphatic heterocycles. The van der Waals surface area contributed by atoms with Gasteiger partial charge >= 0.3 is 0 Å². The van der Waals surface area contributed by atoms with Crippen molar-refractivity contribution in [2.75, 3.05) is 44.2 Å². The van der Waals surface area contributed by atoms with E-state index in [1.807, 2.05) is 30.3 Å². The van der Waals surface area contributed by atoms with Crippen molar-refractivity contribution in [1.29, 1.82) is 0 Å². The molecule has 27 heavy (non-hydrogen) atoms. The van der Waals surface area contributed by atoms with Gasteiger partial charge in [0.2, 0.25) is 0 Å². The molecule has 0 aromatic heterocycles. The Labute approximate surface area is 167 Å². The highest BCUT2D eigenvalue weighted by molar-refractivity contribution is 6.30. The Morgan fingerprint density at radius 2 is 1.89 bits per heavy atom. The molecule has 1 heterocycles. The van der Waals surface area contributed by atoms with Crippen LogP contribution in [0.3, 0.4) is 0 Å². The Morgan fingerprint density at radius 3 is 2.56 bits per heavy atom. The van der Waals surface area contributed by atoms with Crippen LogP contribution in [-0.4, -0.2) is 50.5 Å². The first kappa shape index (κ1) is 20.0. The van der Waals surface area contributed by atoms with Crippen LogP contribution in [0.15, 0.2) is 48.5 Å². The number of nitrogens with one attached hydrogen (secondary N) is 1. The molecule has 5 heteroatoms. The smallest absolute Gasteiger partial charge is 0.137 e. The molecule has 0 radical (unpaired) electrons. The molecule has 0 bridgehead atoms. The van der Waals surface area contributed by atoms with Crippen LogP contribution >= 0.6 is 11.6 Å². The topological polar surface area (TPSA) is 37.1 Å². The number of hydrogen-bond acceptors (Lipinski definition) is 3. The Hall–Kier alpha value is -1.75. The SMILES string of the molecule is CCCc1ccc(OC[C@@H](O)C[NH+]2CCN(c3cccc(Cl)c3)CC2)cc1. The maximum absolute atomic E-state index is 10.3. The van der Waals surface area contributed by atoms with E-state index in [4.69, 9.17) is 16.3 Å². The van der Waals surface area contributed by atoms with E-state index >= 15 is 0 Å². The summed E-state index contributed by atoms with van der Waals surface area (Å²) in [5.74, 6) is 0.828. The molecule has 1 fully saturated rings. The minimum absolute atomic E-state index is 0.342. The summed E-state index contributed by atoms with van der Waals surface area (Å²) in [6.45, 7) is 7.21. The lowest BCUT2D eigenvalue weighted by Gasteiger charge is -2.34. The molecule has 2 N–H and O–H groups in total. The lowest BCUT2D eigenvalue weighted by molar-refractivity contribution is -0.903. The Kier molecular flexibility index (Phi) is 7.39. The van der Waals surface area contributed by atoms with Crippen LogP contribution in [0.2, 0.25) is 5.02 Å². The van der Waals surface area contributed by atoms with Gasteiger partial charge < -0.3 is 19.6 Å². The van der Waals surface area contributed by atoms with Crippen molar-refractivity contribution in [1.82, 2.24) is 0 Å². The van der Waals surface area contributed by atoms with E-state index in [1.54, 1.807) is 0 Å². The number of benzene rings is 2. The van der Waals surface area contributed by atoms with Crippen LogP contribution in [0.1, 0.15) is 18.9 Å². The van der Waals surface area contributed by atoms with Crippen LogP contribution in [0.4, 0.5) is 5.69 Å². The van der Waals surface area contributed by atoms with E-state index in [1.165, 1.54) is 16.2 Å². The second kappa shape index (κ2) is 9.98. The average molecular weight is 390 g/mol. The Morgan fingerprint density at radius 1 is 1.15 bits per heavy atom. The Balaban J connectivity index is 1.39. The number of rotatable bonds is 8. The second-order valence-electron chi connectivity index (χ2n) is 7.28. The molecule has 0 aliphatic carbocycles. The van der Waals surface area contributed by atoms with Gasteiger partial charge in [-0.3, -0.25) is 0 Å². The fraction of sp³-hybridized carbons (Fsp3) is 0.455. The fourth-order valence-electron chi connectivity index (χ4n) is 3.58. The molecule has 4 nitrogen and oxygen atoms in total. The maximum atomic E-state index is 10.3. The zero-order valence-electron chi connectivity index (χ0n) is 16.0. The number of aliphatic hydroxyl groups is 1. The lowest BCUT2D eigenvalue weighted by atomic mass is 10.1. The average Bonchev–Trinajstić information content (AvgIpc) is 2.68. The van der Waals surface area contributed by atoms with Crippen molar-refractivity contribution < 1.29 is 14.7 Å². The molecular formula is C22H30ClN2O2+. The third kappa shape index (κ3) is 6.13. The van der Waals surface area contributed by atoms with E-state index in [9.17, 15) is 5.11 Å². The standard InChI is InChI=1S/C22H29ClN2O2/c1-2-4-18-7-9-22(10-8-18)27-17-21(26)16-24-11-13-25(14-12-24)20-6-3-5-19(23)15-20/h3,5-10,15,21,26H,2,4,11-14,16-17H2,1H3/p+1/t21-/m0/s1. The van der Waals surface area contributed by atoms with Crippen LogP contribution < -0.4 is 14.5 Å². The summed E-state index contributed by atoms with van der Waals surface area (Å²) < 4.78 is 5.76. The van der Waals surface area contributed by atoms with Crippen molar-refractivity contribution in [3.63, 3.8) is 0 Å². The molecule has 1 aliphatic rings. The van der Waals surface area contributed by atoms with Gasteiger partial charge in [0.05, 0.1) is 26.2 Å². The van der Waals surface area contributed by atoms with Crippen LogP contribution in [0, 0.1) is 0 Å². The third-order valence-corrected chi connectivity index (χ3v) is 5.31. The highest BCUT2D eigenvalue weighted by Crippen LogP contribution is 2.19. The summed E-state index contributed by atoms with van der Waals surface area (Å²) in [6, 6.07) is 16.2.